The molecule has 1 heterocycles. The molecule has 0 aliphatic carbocycles. The smallest absolute Gasteiger partial charge is 0.0743 e. The zero-order chi connectivity index (χ0) is 13.3. The molecule has 0 unspecified atom stereocenters. The third-order valence-electron chi connectivity index (χ3n) is 3.46. The summed E-state index contributed by atoms with van der Waals surface area (Å²) in [6, 6.07) is 8.38. The molecule has 0 amide bonds. The quantitative estimate of drug-likeness (QED) is 0.846. The van der Waals surface area contributed by atoms with Crippen LogP contribution in [-0.2, 0) is 0 Å². The van der Waals surface area contributed by atoms with Crippen LogP contribution in [0.15, 0.2) is 30.5 Å². The first-order chi connectivity index (χ1) is 8.39. The van der Waals surface area contributed by atoms with E-state index in [2.05, 4.69) is 44.1 Å². The van der Waals surface area contributed by atoms with Gasteiger partial charge in [-0.15, -0.1) is 0 Å². The molecule has 0 saturated heterocycles. The molecule has 1 aromatic heterocycles. The van der Waals surface area contributed by atoms with Gasteiger partial charge in [0.15, 0.2) is 0 Å². The minimum absolute atomic E-state index is 0.177. The Balaban J connectivity index is 2.47. The normalized spacial score (nSPS) is 13.6. The van der Waals surface area contributed by atoms with Gasteiger partial charge in [0.1, 0.15) is 0 Å². The Hall–Kier alpha value is -1.77. The van der Waals surface area contributed by atoms with E-state index in [1.54, 1.807) is 6.20 Å². The second kappa shape index (κ2) is 4.48. The molecule has 0 radical (unpaired) electrons. The van der Waals surface area contributed by atoms with Crippen LogP contribution >= 0.6 is 0 Å². The molecule has 0 bridgehead atoms. The molecule has 1 aromatic carbocycles. The maximum absolute atomic E-state index is 6.05. The lowest BCUT2D eigenvalue weighted by atomic mass is 9.88. The number of rotatable bonds is 2. The average Bonchev–Trinajstić information content (AvgIpc) is 2.31. The summed E-state index contributed by atoms with van der Waals surface area (Å²) in [5.41, 5.74) is 8.89. The van der Waals surface area contributed by atoms with Crippen molar-refractivity contribution in [3.8, 4) is 0 Å². The van der Waals surface area contributed by atoms with E-state index in [0.29, 0.717) is 11.7 Å². The maximum Gasteiger partial charge on any atom is 0.0743 e. The molecule has 3 N–H and O–H groups in total. The number of nitrogen functional groups attached to an aromatic ring is 1. The van der Waals surface area contributed by atoms with Crippen molar-refractivity contribution in [2.24, 2.45) is 5.41 Å². The Labute approximate surface area is 108 Å². The summed E-state index contributed by atoms with van der Waals surface area (Å²) in [6.07, 6.45) is 1.72. The van der Waals surface area contributed by atoms with Gasteiger partial charge in [-0.3, -0.25) is 4.98 Å². The van der Waals surface area contributed by atoms with Crippen molar-refractivity contribution in [2.75, 3.05) is 11.1 Å². The number of nitrogens with two attached hydrogens (primary N) is 1. The molecule has 0 aliphatic heterocycles. The lowest BCUT2D eigenvalue weighted by Crippen LogP contribution is -2.31. The molecule has 18 heavy (non-hydrogen) atoms. The first kappa shape index (κ1) is 12.7. The zero-order valence-corrected chi connectivity index (χ0v) is 11.5. The average molecular weight is 243 g/mol. The van der Waals surface area contributed by atoms with Crippen LogP contribution in [0.4, 0.5) is 11.4 Å². The van der Waals surface area contributed by atoms with Crippen LogP contribution in [0.25, 0.3) is 10.9 Å². The molecular formula is C15H21N3. The highest BCUT2D eigenvalue weighted by molar-refractivity contribution is 5.96. The fraction of sp³-hybridized carbons (Fsp3) is 0.400. The van der Waals surface area contributed by atoms with E-state index < -0.39 is 0 Å². The van der Waals surface area contributed by atoms with E-state index in [9.17, 15) is 0 Å². The number of nitrogens with one attached hydrogen (secondary N) is 1. The molecule has 0 saturated carbocycles. The van der Waals surface area contributed by atoms with Crippen molar-refractivity contribution in [1.29, 1.82) is 0 Å². The predicted octanol–water partition coefficient (Wildman–Crippen LogP) is 3.66. The standard InChI is InChI=1S/C15H21N3/c1-10(15(2,3)4)18-14-11-7-5-6-8-13(11)17-9-12(14)16/h5-10H,16H2,1-4H3,(H,17,18)/t10-/m1/s1. The van der Waals surface area contributed by atoms with Gasteiger partial charge >= 0.3 is 0 Å². The number of aromatic nitrogens is 1. The summed E-state index contributed by atoms with van der Waals surface area (Å²) in [7, 11) is 0. The third kappa shape index (κ3) is 2.40. The lowest BCUT2D eigenvalue weighted by Gasteiger charge is -2.30. The molecule has 0 spiro atoms. The van der Waals surface area contributed by atoms with Gasteiger partial charge in [-0.05, 0) is 18.4 Å². The molecule has 0 aliphatic rings. The fourth-order valence-electron chi connectivity index (χ4n) is 1.75. The number of hydrogen-bond acceptors (Lipinski definition) is 3. The number of hydrogen-bond donors (Lipinski definition) is 2. The van der Waals surface area contributed by atoms with Crippen molar-refractivity contribution in [3.05, 3.63) is 30.5 Å². The van der Waals surface area contributed by atoms with E-state index in [4.69, 9.17) is 5.73 Å². The van der Waals surface area contributed by atoms with Gasteiger partial charge in [0.2, 0.25) is 0 Å². The van der Waals surface area contributed by atoms with Gasteiger partial charge in [-0.2, -0.15) is 0 Å². The van der Waals surface area contributed by atoms with E-state index in [-0.39, 0.29) is 5.41 Å². The van der Waals surface area contributed by atoms with E-state index >= 15 is 0 Å². The Morgan fingerprint density at radius 3 is 2.56 bits per heavy atom. The number of fused-ring (bicyclic) bond motifs is 1. The Kier molecular flexibility index (Phi) is 3.16. The maximum atomic E-state index is 6.05. The van der Waals surface area contributed by atoms with Crippen LogP contribution < -0.4 is 11.1 Å². The van der Waals surface area contributed by atoms with Gasteiger partial charge in [0.25, 0.3) is 0 Å². The van der Waals surface area contributed by atoms with Crippen LogP contribution in [0, 0.1) is 5.41 Å². The second-order valence-corrected chi connectivity index (χ2v) is 5.84. The number of benzene rings is 1. The first-order valence-corrected chi connectivity index (χ1v) is 6.29. The van der Waals surface area contributed by atoms with Crippen molar-refractivity contribution >= 4 is 22.3 Å². The Morgan fingerprint density at radius 2 is 1.89 bits per heavy atom. The minimum Gasteiger partial charge on any atom is -0.396 e. The molecule has 3 nitrogen and oxygen atoms in total. The largest absolute Gasteiger partial charge is 0.396 e. The molecule has 2 rings (SSSR count). The number of pyridine rings is 1. The Bertz CT molecular complexity index is 555. The van der Waals surface area contributed by atoms with E-state index in [0.717, 1.165) is 16.6 Å². The van der Waals surface area contributed by atoms with Crippen molar-refractivity contribution < 1.29 is 0 Å². The molecule has 96 valence electrons. The van der Waals surface area contributed by atoms with E-state index in [1.807, 2.05) is 18.2 Å². The highest BCUT2D eigenvalue weighted by Crippen LogP contribution is 2.31. The predicted molar refractivity (Wildman–Crippen MR) is 78.7 cm³/mol. The van der Waals surface area contributed by atoms with Crippen LogP contribution in [0.2, 0.25) is 0 Å². The Morgan fingerprint density at radius 1 is 1.22 bits per heavy atom. The van der Waals surface area contributed by atoms with Gasteiger partial charge < -0.3 is 11.1 Å². The van der Waals surface area contributed by atoms with Gasteiger partial charge in [-0.25, -0.2) is 0 Å². The molecule has 0 fully saturated rings. The van der Waals surface area contributed by atoms with Crippen molar-refractivity contribution in [2.45, 2.75) is 33.7 Å². The van der Waals surface area contributed by atoms with Gasteiger partial charge in [-0.1, -0.05) is 39.0 Å². The molecular weight excluding hydrogens is 222 g/mol. The monoisotopic (exact) mass is 243 g/mol. The molecule has 2 aromatic rings. The second-order valence-electron chi connectivity index (χ2n) is 5.84. The summed E-state index contributed by atoms with van der Waals surface area (Å²) in [6.45, 7) is 8.81. The van der Waals surface area contributed by atoms with Crippen LogP contribution in [-0.4, -0.2) is 11.0 Å². The van der Waals surface area contributed by atoms with Crippen LogP contribution in [0.1, 0.15) is 27.7 Å². The lowest BCUT2D eigenvalue weighted by molar-refractivity contribution is 0.359. The highest BCUT2D eigenvalue weighted by Gasteiger charge is 2.21. The van der Waals surface area contributed by atoms with Crippen molar-refractivity contribution in [1.82, 2.24) is 4.98 Å². The number of para-hydroxylation sites is 1. The summed E-state index contributed by atoms with van der Waals surface area (Å²) in [5.74, 6) is 0. The van der Waals surface area contributed by atoms with Gasteiger partial charge in [0, 0.05) is 11.4 Å². The number of nitrogens with zero attached hydrogens (tertiary/aromatic N) is 1. The molecule has 1 atom stereocenters. The van der Waals surface area contributed by atoms with Gasteiger partial charge in [0.05, 0.1) is 23.1 Å². The summed E-state index contributed by atoms with van der Waals surface area (Å²) < 4.78 is 0. The SMILES string of the molecule is C[C@@H](Nc1c(N)cnc2ccccc12)C(C)(C)C. The summed E-state index contributed by atoms with van der Waals surface area (Å²) in [5, 5.41) is 4.61. The van der Waals surface area contributed by atoms with E-state index in [1.165, 1.54) is 0 Å². The third-order valence-corrected chi connectivity index (χ3v) is 3.46. The molecule has 3 heteroatoms. The fourth-order valence-corrected chi connectivity index (χ4v) is 1.75. The van der Waals surface area contributed by atoms with Crippen LogP contribution in [0.3, 0.4) is 0 Å². The number of anilines is 2. The topological polar surface area (TPSA) is 50.9 Å². The minimum atomic E-state index is 0.177. The van der Waals surface area contributed by atoms with Crippen molar-refractivity contribution in [3.63, 3.8) is 0 Å². The highest BCUT2D eigenvalue weighted by atomic mass is 15.0. The first-order valence-electron chi connectivity index (χ1n) is 6.29. The summed E-state index contributed by atoms with van der Waals surface area (Å²) >= 11 is 0. The van der Waals surface area contributed by atoms with Crippen LogP contribution in [0.5, 0.6) is 0 Å². The summed E-state index contributed by atoms with van der Waals surface area (Å²) in [4.78, 5) is 4.35. The zero-order valence-electron chi connectivity index (χ0n) is 11.5.